The van der Waals surface area contributed by atoms with E-state index in [1.54, 1.807) is 37.5 Å². The average Bonchev–Trinajstić information content (AvgIpc) is 2.93. The largest absolute Gasteiger partial charge is 0.496 e. The number of hydrogen-bond acceptors (Lipinski definition) is 6. The molecule has 0 atom stereocenters. The number of imide groups is 1. The summed E-state index contributed by atoms with van der Waals surface area (Å²) in [5.41, 5.74) is 1.41. The SMILES string of the molecule is COc1ccc(NCN2C(=O)S/C(=C\c3ccccc3OC)C2=O)cc1Cl. The van der Waals surface area contributed by atoms with Crippen molar-refractivity contribution in [3.8, 4) is 11.5 Å². The maximum atomic E-state index is 12.6. The Balaban J connectivity index is 1.73. The molecule has 2 amide bonds. The third-order valence-electron chi connectivity index (χ3n) is 3.89. The lowest BCUT2D eigenvalue weighted by atomic mass is 10.2. The lowest BCUT2D eigenvalue weighted by Crippen LogP contribution is -2.33. The number of hydrogen-bond donors (Lipinski definition) is 1. The van der Waals surface area contributed by atoms with Gasteiger partial charge in [0, 0.05) is 11.3 Å². The van der Waals surface area contributed by atoms with Crippen molar-refractivity contribution in [1.29, 1.82) is 0 Å². The molecule has 0 aliphatic carbocycles. The highest BCUT2D eigenvalue weighted by molar-refractivity contribution is 8.18. The first kappa shape index (κ1) is 19.1. The van der Waals surface area contributed by atoms with Gasteiger partial charge in [-0.25, -0.2) is 0 Å². The molecule has 1 saturated heterocycles. The molecule has 3 rings (SSSR count). The minimum absolute atomic E-state index is 0.0383. The number of ether oxygens (including phenoxy) is 2. The molecule has 27 heavy (non-hydrogen) atoms. The fourth-order valence-electron chi connectivity index (χ4n) is 2.51. The van der Waals surface area contributed by atoms with Gasteiger partial charge in [0.1, 0.15) is 11.5 Å². The van der Waals surface area contributed by atoms with Crippen LogP contribution < -0.4 is 14.8 Å². The summed E-state index contributed by atoms with van der Waals surface area (Å²) < 4.78 is 10.4. The van der Waals surface area contributed by atoms with E-state index in [1.165, 1.54) is 7.11 Å². The van der Waals surface area contributed by atoms with Crippen LogP contribution >= 0.6 is 23.4 Å². The van der Waals surface area contributed by atoms with Crippen LogP contribution in [-0.2, 0) is 4.79 Å². The quantitative estimate of drug-likeness (QED) is 0.717. The molecule has 1 aliphatic heterocycles. The molecule has 8 heteroatoms. The Morgan fingerprint density at radius 2 is 1.85 bits per heavy atom. The van der Waals surface area contributed by atoms with E-state index in [1.807, 2.05) is 18.2 Å². The molecule has 1 fully saturated rings. The highest BCUT2D eigenvalue weighted by Gasteiger charge is 2.35. The minimum atomic E-state index is -0.358. The third kappa shape index (κ3) is 4.20. The summed E-state index contributed by atoms with van der Waals surface area (Å²) in [6.45, 7) is 0.0383. The Hall–Kier alpha value is -2.64. The molecule has 1 N–H and O–H groups in total. The third-order valence-corrected chi connectivity index (χ3v) is 5.09. The number of halogens is 1. The number of carbonyl (C=O) groups excluding carboxylic acids is 2. The maximum absolute atomic E-state index is 12.6. The van der Waals surface area contributed by atoms with Gasteiger partial charge in [-0.1, -0.05) is 29.8 Å². The van der Waals surface area contributed by atoms with Gasteiger partial charge in [0.2, 0.25) is 0 Å². The van der Waals surface area contributed by atoms with E-state index in [9.17, 15) is 9.59 Å². The minimum Gasteiger partial charge on any atom is -0.496 e. The second-order valence-electron chi connectivity index (χ2n) is 5.54. The van der Waals surface area contributed by atoms with Crippen LogP contribution in [0.15, 0.2) is 47.4 Å². The Labute approximate surface area is 166 Å². The number of nitrogens with one attached hydrogen (secondary N) is 1. The molecule has 6 nitrogen and oxygen atoms in total. The molecule has 0 spiro atoms. The van der Waals surface area contributed by atoms with Crippen LogP contribution in [0.3, 0.4) is 0 Å². The predicted octanol–water partition coefficient (Wildman–Crippen LogP) is 4.46. The topological polar surface area (TPSA) is 67.9 Å². The van der Waals surface area contributed by atoms with E-state index in [-0.39, 0.29) is 17.8 Å². The average molecular weight is 405 g/mol. The van der Waals surface area contributed by atoms with Crippen LogP contribution in [-0.4, -0.2) is 36.9 Å². The van der Waals surface area contributed by atoms with Crippen molar-refractivity contribution in [1.82, 2.24) is 4.90 Å². The van der Waals surface area contributed by atoms with E-state index in [0.29, 0.717) is 27.1 Å². The number of rotatable bonds is 6. The number of nitrogens with zero attached hydrogens (tertiary/aromatic N) is 1. The smallest absolute Gasteiger partial charge is 0.295 e. The highest BCUT2D eigenvalue weighted by Crippen LogP contribution is 2.34. The second kappa shape index (κ2) is 8.37. The lowest BCUT2D eigenvalue weighted by Gasteiger charge is -2.15. The summed E-state index contributed by atoms with van der Waals surface area (Å²) >= 11 is 6.98. The van der Waals surface area contributed by atoms with Gasteiger partial charge >= 0.3 is 0 Å². The van der Waals surface area contributed by atoms with Gasteiger partial charge in [-0.05, 0) is 42.1 Å². The summed E-state index contributed by atoms with van der Waals surface area (Å²) in [6.07, 6.45) is 1.66. The van der Waals surface area contributed by atoms with Crippen molar-refractivity contribution in [2.75, 3.05) is 26.2 Å². The number of methoxy groups -OCH3 is 2. The summed E-state index contributed by atoms with van der Waals surface area (Å²) in [6, 6.07) is 12.4. The second-order valence-corrected chi connectivity index (χ2v) is 6.94. The molecule has 1 heterocycles. The molecule has 2 aromatic carbocycles. The van der Waals surface area contributed by atoms with E-state index < -0.39 is 0 Å². The van der Waals surface area contributed by atoms with E-state index in [2.05, 4.69) is 5.32 Å². The van der Waals surface area contributed by atoms with E-state index in [4.69, 9.17) is 21.1 Å². The molecular weight excluding hydrogens is 388 g/mol. The maximum Gasteiger partial charge on any atom is 0.295 e. The summed E-state index contributed by atoms with van der Waals surface area (Å²) in [4.78, 5) is 26.3. The van der Waals surface area contributed by atoms with E-state index in [0.717, 1.165) is 22.2 Å². The molecule has 0 aromatic heterocycles. The van der Waals surface area contributed by atoms with Gasteiger partial charge in [-0.3, -0.25) is 14.5 Å². The van der Waals surface area contributed by atoms with Gasteiger partial charge in [0.25, 0.3) is 11.1 Å². The van der Waals surface area contributed by atoms with Crippen LogP contribution in [0.25, 0.3) is 6.08 Å². The van der Waals surface area contributed by atoms with Crippen molar-refractivity contribution < 1.29 is 19.1 Å². The molecule has 0 unspecified atom stereocenters. The van der Waals surface area contributed by atoms with Crippen molar-refractivity contribution in [3.63, 3.8) is 0 Å². The monoisotopic (exact) mass is 404 g/mol. The van der Waals surface area contributed by atoms with Gasteiger partial charge in [0.05, 0.1) is 30.8 Å². The number of amides is 2. The van der Waals surface area contributed by atoms with Gasteiger partial charge in [0.15, 0.2) is 0 Å². The first-order chi connectivity index (χ1) is 13.0. The fraction of sp³-hybridized carbons (Fsp3) is 0.158. The van der Waals surface area contributed by atoms with Crippen molar-refractivity contribution in [2.24, 2.45) is 0 Å². The fourth-order valence-corrected chi connectivity index (χ4v) is 3.60. The Bertz CT molecular complexity index is 916. The standard InChI is InChI=1S/C19H17ClN2O4S/c1-25-15-6-4-3-5-12(15)9-17-18(23)22(19(24)27-17)11-21-13-7-8-16(26-2)14(20)10-13/h3-10,21H,11H2,1-2H3/b17-9-. The van der Waals surface area contributed by atoms with Crippen LogP contribution in [0.4, 0.5) is 10.5 Å². The number of carbonyl (C=O) groups is 2. The van der Waals surface area contributed by atoms with E-state index >= 15 is 0 Å². The molecule has 0 saturated carbocycles. The highest BCUT2D eigenvalue weighted by atomic mass is 35.5. The summed E-state index contributed by atoms with van der Waals surface area (Å²) in [5.74, 6) is 0.825. The first-order valence-corrected chi connectivity index (χ1v) is 9.18. The predicted molar refractivity (Wildman–Crippen MR) is 107 cm³/mol. The Morgan fingerprint density at radius 3 is 2.56 bits per heavy atom. The normalized spacial score (nSPS) is 15.4. The zero-order valence-electron chi connectivity index (χ0n) is 14.7. The molecule has 2 aromatic rings. The lowest BCUT2D eigenvalue weighted by molar-refractivity contribution is -0.122. The Morgan fingerprint density at radius 1 is 1.11 bits per heavy atom. The molecular formula is C19H17ClN2O4S. The molecule has 0 bridgehead atoms. The van der Waals surface area contributed by atoms with Crippen molar-refractivity contribution in [2.45, 2.75) is 0 Å². The summed E-state index contributed by atoms with van der Waals surface area (Å²) in [5, 5.41) is 3.12. The molecule has 140 valence electrons. The number of thioether (sulfide) groups is 1. The summed E-state index contributed by atoms with van der Waals surface area (Å²) in [7, 11) is 3.09. The number of benzene rings is 2. The van der Waals surface area contributed by atoms with Gasteiger partial charge in [-0.15, -0.1) is 0 Å². The number of para-hydroxylation sites is 1. The zero-order chi connectivity index (χ0) is 19.4. The number of anilines is 1. The van der Waals surface area contributed by atoms with Crippen LogP contribution in [0.5, 0.6) is 11.5 Å². The van der Waals surface area contributed by atoms with Crippen molar-refractivity contribution >= 4 is 46.3 Å². The van der Waals surface area contributed by atoms with Crippen molar-refractivity contribution in [3.05, 3.63) is 58.0 Å². The van der Waals surface area contributed by atoms with Crippen LogP contribution in [0, 0.1) is 0 Å². The molecule has 0 radical (unpaired) electrons. The first-order valence-electron chi connectivity index (χ1n) is 7.99. The molecule has 1 aliphatic rings. The van der Waals surface area contributed by atoms with Crippen LogP contribution in [0.1, 0.15) is 5.56 Å². The van der Waals surface area contributed by atoms with Gasteiger partial charge in [-0.2, -0.15) is 0 Å². The van der Waals surface area contributed by atoms with Crippen LogP contribution in [0.2, 0.25) is 5.02 Å². The zero-order valence-corrected chi connectivity index (χ0v) is 16.3. The van der Waals surface area contributed by atoms with Gasteiger partial charge < -0.3 is 14.8 Å². The Kier molecular flexibility index (Phi) is 5.93.